The maximum absolute atomic E-state index is 15.0. The van der Waals surface area contributed by atoms with Gasteiger partial charge in [-0.2, -0.15) is 0 Å². The summed E-state index contributed by atoms with van der Waals surface area (Å²) in [7, 11) is 3.20. The molecule has 2 N–H and O–H groups in total. The van der Waals surface area contributed by atoms with Gasteiger partial charge in [0.15, 0.2) is 17.3 Å². The predicted octanol–water partition coefficient (Wildman–Crippen LogP) is 6.58. The van der Waals surface area contributed by atoms with Crippen LogP contribution >= 0.6 is 15.9 Å². The lowest BCUT2D eigenvalue weighted by molar-refractivity contribution is -0.116. The Morgan fingerprint density at radius 3 is 2.47 bits per heavy atom. The first-order chi connectivity index (χ1) is 16.5. The summed E-state index contributed by atoms with van der Waals surface area (Å²) >= 11 is 3.45. The number of ether oxygens (including phenoxy) is 2. The molecule has 34 heavy (non-hydrogen) atoms. The minimum absolute atomic E-state index is 0.0155. The van der Waals surface area contributed by atoms with Gasteiger partial charge in [-0.15, -0.1) is 0 Å². The van der Waals surface area contributed by atoms with Crippen LogP contribution in [0.3, 0.4) is 0 Å². The van der Waals surface area contributed by atoms with Crippen molar-refractivity contribution in [2.24, 2.45) is 0 Å². The molecule has 5 nitrogen and oxygen atoms in total. The Bertz CT molecular complexity index is 1310. The zero-order valence-electron chi connectivity index (χ0n) is 18.8. The molecule has 0 amide bonds. The third kappa shape index (κ3) is 4.05. The second-order valence-corrected chi connectivity index (χ2v) is 9.36. The fraction of sp³-hybridized carbons (Fsp3) is 0.222. The number of allylic oxidation sites excluding steroid dienone is 1. The number of benzene rings is 3. The molecule has 0 aromatic heterocycles. The van der Waals surface area contributed by atoms with E-state index in [1.165, 1.54) is 6.07 Å². The molecule has 7 heteroatoms. The summed E-state index contributed by atoms with van der Waals surface area (Å²) in [5.74, 6) is 0.850. The van der Waals surface area contributed by atoms with Crippen LogP contribution in [0.4, 0.5) is 15.8 Å². The van der Waals surface area contributed by atoms with Crippen molar-refractivity contribution in [2.75, 3.05) is 24.9 Å². The number of carbonyl (C=O) groups excluding carboxylic acids is 1. The Morgan fingerprint density at radius 2 is 1.71 bits per heavy atom. The highest BCUT2D eigenvalue weighted by Crippen LogP contribution is 2.45. The molecule has 0 fully saturated rings. The highest BCUT2D eigenvalue weighted by molar-refractivity contribution is 9.10. The Kier molecular flexibility index (Phi) is 6.04. The van der Waals surface area contributed by atoms with Crippen LogP contribution in [0.2, 0.25) is 0 Å². The Hall–Kier alpha value is -3.32. The summed E-state index contributed by atoms with van der Waals surface area (Å²) in [6.07, 6.45) is 0.929. The molecule has 0 radical (unpaired) electrons. The average molecular weight is 523 g/mol. The molecule has 2 atom stereocenters. The van der Waals surface area contributed by atoms with Gasteiger partial charge in [-0.3, -0.25) is 4.79 Å². The number of rotatable bonds is 4. The van der Waals surface area contributed by atoms with Crippen molar-refractivity contribution in [3.63, 3.8) is 0 Å². The third-order valence-electron chi connectivity index (χ3n) is 6.46. The minimum atomic E-state index is -0.609. The molecule has 3 aromatic rings. The van der Waals surface area contributed by atoms with E-state index in [1.807, 2.05) is 42.5 Å². The molecule has 0 bridgehead atoms. The SMILES string of the molecule is COc1ccc([C@H]2CC(=O)C3=C(C2)Nc2ccccc2N[C@H]3c2cc(Br)ccc2F)cc1OC. The van der Waals surface area contributed by atoms with E-state index in [2.05, 4.69) is 26.6 Å². The number of methoxy groups -OCH3 is 2. The number of ketones is 1. The van der Waals surface area contributed by atoms with E-state index >= 15 is 4.39 Å². The summed E-state index contributed by atoms with van der Waals surface area (Å²) in [6.45, 7) is 0. The molecule has 1 aliphatic heterocycles. The van der Waals surface area contributed by atoms with Gasteiger partial charge in [0, 0.05) is 27.7 Å². The highest BCUT2D eigenvalue weighted by atomic mass is 79.9. The fourth-order valence-corrected chi connectivity index (χ4v) is 5.18. The average Bonchev–Trinajstić information content (AvgIpc) is 3.01. The van der Waals surface area contributed by atoms with Gasteiger partial charge >= 0.3 is 0 Å². The van der Waals surface area contributed by atoms with Gasteiger partial charge in [0.2, 0.25) is 0 Å². The number of para-hydroxylation sites is 2. The van der Waals surface area contributed by atoms with Crippen molar-refractivity contribution in [3.8, 4) is 11.5 Å². The van der Waals surface area contributed by atoms with Crippen molar-refractivity contribution in [3.05, 3.63) is 93.4 Å². The molecule has 2 aliphatic rings. The molecule has 5 rings (SSSR count). The maximum Gasteiger partial charge on any atom is 0.163 e. The first kappa shape index (κ1) is 22.5. The van der Waals surface area contributed by atoms with Crippen LogP contribution in [0.1, 0.15) is 35.9 Å². The molecular weight excluding hydrogens is 499 g/mol. The van der Waals surface area contributed by atoms with Crippen LogP contribution in [-0.4, -0.2) is 20.0 Å². The Labute approximate surface area is 206 Å². The molecule has 0 spiro atoms. The Morgan fingerprint density at radius 1 is 0.941 bits per heavy atom. The predicted molar refractivity (Wildman–Crippen MR) is 134 cm³/mol. The first-order valence-electron chi connectivity index (χ1n) is 11.0. The van der Waals surface area contributed by atoms with Crippen LogP contribution in [-0.2, 0) is 4.79 Å². The number of fused-ring (bicyclic) bond motifs is 1. The summed E-state index contributed by atoms with van der Waals surface area (Å²) in [5, 5.41) is 6.91. The maximum atomic E-state index is 15.0. The second-order valence-electron chi connectivity index (χ2n) is 8.45. The monoisotopic (exact) mass is 522 g/mol. The number of Topliss-reactive ketones (excluding diaryl/α,β-unsaturated/α-hetero) is 1. The lowest BCUT2D eigenvalue weighted by Gasteiger charge is -2.30. The van der Waals surface area contributed by atoms with E-state index < -0.39 is 6.04 Å². The summed E-state index contributed by atoms with van der Waals surface area (Å²) < 4.78 is 26.6. The molecule has 0 saturated heterocycles. The van der Waals surface area contributed by atoms with Gasteiger partial charge in [0.1, 0.15) is 5.82 Å². The van der Waals surface area contributed by atoms with Crippen molar-refractivity contribution in [1.82, 2.24) is 0 Å². The van der Waals surface area contributed by atoms with E-state index in [1.54, 1.807) is 26.4 Å². The third-order valence-corrected chi connectivity index (χ3v) is 6.95. The normalized spacial score (nSPS) is 19.4. The lowest BCUT2D eigenvalue weighted by atomic mass is 9.78. The zero-order chi connectivity index (χ0) is 23.8. The quantitative estimate of drug-likeness (QED) is 0.405. The Balaban J connectivity index is 1.61. The van der Waals surface area contributed by atoms with Crippen LogP contribution in [0.25, 0.3) is 0 Å². The van der Waals surface area contributed by atoms with Crippen LogP contribution < -0.4 is 20.1 Å². The minimum Gasteiger partial charge on any atom is -0.493 e. The number of halogens is 2. The molecule has 174 valence electrons. The molecule has 0 saturated carbocycles. The van der Waals surface area contributed by atoms with Gasteiger partial charge in [-0.25, -0.2) is 4.39 Å². The zero-order valence-corrected chi connectivity index (χ0v) is 20.4. The van der Waals surface area contributed by atoms with Gasteiger partial charge in [0.05, 0.1) is 31.6 Å². The first-order valence-corrected chi connectivity index (χ1v) is 11.8. The largest absolute Gasteiger partial charge is 0.493 e. The number of hydrogen-bond donors (Lipinski definition) is 2. The second kappa shape index (κ2) is 9.14. The van der Waals surface area contributed by atoms with Crippen LogP contribution in [0, 0.1) is 5.82 Å². The van der Waals surface area contributed by atoms with Gasteiger partial charge in [0.25, 0.3) is 0 Å². The molecular formula is C27H24BrFN2O3. The van der Waals surface area contributed by atoms with E-state index in [9.17, 15) is 4.79 Å². The summed E-state index contributed by atoms with van der Waals surface area (Å²) in [5.41, 5.74) is 4.47. The van der Waals surface area contributed by atoms with E-state index in [0.29, 0.717) is 35.5 Å². The van der Waals surface area contributed by atoms with E-state index in [0.717, 1.165) is 27.1 Å². The fourth-order valence-electron chi connectivity index (χ4n) is 4.80. The van der Waals surface area contributed by atoms with E-state index in [-0.39, 0.29) is 17.5 Å². The molecule has 0 unspecified atom stereocenters. The summed E-state index contributed by atoms with van der Waals surface area (Å²) in [6, 6.07) is 17.7. The van der Waals surface area contributed by atoms with Crippen LogP contribution in [0.5, 0.6) is 11.5 Å². The number of carbonyl (C=O) groups is 1. The number of hydrogen-bond acceptors (Lipinski definition) is 5. The molecule has 3 aromatic carbocycles. The summed E-state index contributed by atoms with van der Waals surface area (Å²) in [4.78, 5) is 13.6. The van der Waals surface area contributed by atoms with Gasteiger partial charge < -0.3 is 20.1 Å². The molecule has 1 aliphatic carbocycles. The van der Waals surface area contributed by atoms with E-state index in [4.69, 9.17) is 9.47 Å². The van der Waals surface area contributed by atoms with Crippen molar-refractivity contribution in [2.45, 2.75) is 24.8 Å². The highest BCUT2D eigenvalue weighted by Gasteiger charge is 2.37. The van der Waals surface area contributed by atoms with Crippen LogP contribution in [0.15, 0.2) is 76.4 Å². The smallest absolute Gasteiger partial charge is 0.163 e. The van der Waals surface area contributed by atoms with Gasteiger partial charge in [-0.05, 0) is 60.4 Å². The van der Waals surface area contributed by atoms with Crippen molar-refractivity contribution in [1.29, 1.82) is 0 Å². The number of nitrogens with one attached hydrogen (secondary N) is 2. The lowest BCUT2D eigenvalue weighted by Crippen LogP contribution is -2.27. The molecule has 1 heterocycles. The van der Waals surface area contributed by atoms with Gasteiger partial charge in [-0.1, -0.05) is 34.1 Å². The standard InChI is InChI=1S/C27H24BrFN2O3/c1-33-24-10-7-15(13-25(24)34-2)16-11-22-26(23(32)12-16)27(18-14-17(28)8-9-19(18)29)31-21-6-4-3-5-20(21)30-22/h3-10,13-14,16,27,30-31H,11-12H2,1-2H3/t16-,27+/m1/s1. The topological polar surface area (TPSA) is 59.6 Å². The van der Waals surface area contributed by atoms with Crippen molar-refractivity contribution < 1.29 is 18.7 Å². The van der Waals surface area contributed by atoms with Crippen molar-refractivity contribution >= 4 is 33.1 Å². The number of anilines is 2.